The van der Waals surface area contributed by atoms with Crippen LogP contribution in [0.15, 0.2) is 35.3 Å². The number of hydrogen-bond acceptors (Lipinski definition) is 5. The van der Waals surface area contributed by atoms with Crippen LogP contribution in [0.5, 0.6) is 5.88 Å². The average molecular weight is 395 g/mol. The normalized spacial score (nSPS) is 15.1. The highest BCUT2D eigenvalue weighted by molar-refractivity contribution is 5.96. The molecule has 3 heterocycles. The van der Waals surface area contributed by atoms with Crippen molar-refractivity contribution in [1.82, 2.24) is 24.2 Å². The van der Waals surface area contributed by atoms with E-state index in [1.807, 2.05) is 36.1 Å². The number of para-hydroxylation sites is 1. The van der Waals surface area contributed by atoms with Crippen molar-refractivity contribution in [1.29, 1.82) is 0 Å². The third-order valence-electron chi connectivity index (χ3n) is 5.61. The van der Waals surface area contributed by atoms with Gasteiger partial charge >= 0.3 is 0 Å². The van der Waals surface area contributed by atoms with Crippen LogP contribution in [0.1, 0.15) is 29.0 Å². The minimum atomic E-state index is -0.0610. The Kier molecular flexibility index (Phi) is 5.08. The van der Waals surface area contributed by atoms with Gasteiger partial charge in [0.25, 0.3) is 11.5 Å². The lowest BCUT2D eigenvalue weighted by Gasteiger charge is -2.32. The van der Waals surface area contributed by atoms with Gasteiger partial charge in [0.15, 0.2) is 0 Å². The van der Waals surface area contributed by atoms with E-state index in [1.165, 1.54) is 7.11 Å². The first kappa shape index (κ1) is 19.2. The predicted octanol–water partition coefficient (Wildman–Crippen LogP) is 2.00. The van der Waals surface area contributed by atoms with E-state index in [4.69, 9.17) is 4.74 Å². The summed E-state index contributed by atoms with van der Waals surface area (Å²) in [6, 6.07) is 7.44. The van der Waals surface area contributed by atoms with E-state index < -0.39 is 0 Å². The Balaban J connectivity index is 1.46. The number of hydrogen-bond donors (Lipinski definition) is 0. The lowest BCUT2D eigenvalue weighted by Crippen LogP contribution is -2.40. The molecule has 0 radical (unpaired) electrons. The highest BCUT2D eigenvalue weighted by Crippen LogP contribution is 2.24. The molecular weight excluding hydrogens is 370 g/mol. The highest BCUT2D eigenvalue weighted by atomic mass is 16.5. The van der Waals surface area contributed by atoms with Gasteiger partial charge in [-0.3, -0.25) is 18.8 Å². The Morgan fingerprint density at radius 1 is 1.24 bits per heavy atom. The van der Waals surface area contributed by atoms with Crippen molar-refractivity contribution in [2.75, 3.05) is 20.2 Å². The summed E-state index contributed by atoms with van der Waals surface area (Å²) in [5.41, 5.74) is 1.23. The standard InChI is InChI=1S/C21H25N5O3/c1-14-22-18-7-5-4-6-16(18)21(28)26(14)12-15-8-10-25(11-9-15)20(27)17-13-24(2)23-19(17)29-3/h4-7,13,15H,8-12H2,1-3H3. The van der Waals surface area contributed by atoms with Crippen LogP contribution in [-0.4, -0.2) is 50.3 Å². The third-order valence-corrected chi connectivity index (χ3v) is 5.61. The van der Waals surface area contributed by atoms with Crippen molar-refractivity contribution in [2.45, 2.75) is 26.3 Å². The molecule has 1 amide bonds. The highest BCUT2D eigenvalue weighted by Gasteiger charge is 2.27. The third kappa shape index (κ3) is 3.62. The monoisotopic (exact) mass is 395 g/mol. The summed E-state index contributed by atoms with van der Waals surface area (Å²) in [5, 5.41) is 4.81. The Bertz CT molecular complexity index is 1110. The summed E-state index contributed by atoms with van der Waals surface area (Å²) in [7, 11) is 3.28. The van der Waals surface area contributed by atoms with Crippen LogP contribution < -0.4 is 10.3 Å². The maximum atomic E-state index is 12.9. The van der Waals surface area contributed by atoms with Crippen LogP contribution in [0, 0.1) is 12.8 Å². The first-order chi connectivity index (χ1) is 14.0. The fourth-order valence-corrected chi connectivity index (χ4v) is 4.01. The van der Waals surface area contributed by atoms with E-state index in [-0.39, 0.29) is 11.5 Å². The van der Waals surface area contributed by atoms with E-state index in [0.717, 1.165) is 24.2 Å². The molecular formula is C21H25N5O3. The van der Waals surface area contributed by atoms with Gasteiger partial charge in [-0.25, -0.2) is 4.98 Å². The summed E-state index contributed by atoms with van der Waals surface area (Å²) in [6.45, 7) is 3.80. The molecule has 1 saturated heterocycles. The smallest absolute Gasteiger partial charge is 0.261 e. The van der Waals surface area contributed by atoms with Gasteiger partial charge in [0.1, 0.15) is 11.4 Å². The molecule has 0 spiro atoms. The van der Waals surface area contributed by atoms with E-state index in [2.05, 4.69) is 10.1 Å². The Morgan fingerprint density at radius 3 is 2.69 bits per heavy atom. The van der Waals surface area contributed by atoms with Crippen molar-refractivity contribution in [2.24, 2.45) is 13.0 Å². The van der Waals surface area contributed by atoms with E-state index in [1.54, 1.807) is 22.5 Å². The molecule has 0 aliphatic carbocycles. The lowest BCUT2D eigenvalue weighted by molar-refractivity contribution is 0.0678. The number of likely N-dealkylation sites (tertiary alicyclic amines) is 1. The number of carbonyl (C=O) groups excluding carboxylic acids is 1. The maximum absolute atomic E-state index is 12.9. The van der Waals surface area contributed by atoms with Gasteiger partial charge in [0.05, 0.1) is 18.0 Å². The second-order valence-electron chi connectivity index (χ2n) is 7.55. The topological polar surface area (TPSA) is 82.2 Å². The molecule has 0 N–H and O–H groups in total. The number of piperidine rings is 1. The Morgan fingerprint density at radius 2 is 1.97 bits per heavy atom. The molecule has 0 unspecified atom stereocenters. The Hall–Kier alpha value is -3.16. The number of methoxy groups -OCH3 is 1. The second-order valence-corrected chi connectivity index (χ2v) is 7.55. The number of ether oxygens (including phenoxy) is 1. The number of benzene rings is 1. The number of carbonyl (C=O) groups is 1. The predicted molar refractivity (Wildman–Crippen MR) is 109 cm³/mol. The molecule has 1 fully saturated rings. The molecule has 8 nitrogen and oxygen atoms in total. The lowest BCUT2D eigenvalue weighted by atomic mass is 9.96. The first-order valence-electron chi connectivity index (χ1n) is 9.81. The van der Waals surface area contributed by atoms with E-state index in [0.29, 0.717) is 42.4 Å². The number of aromatic nitrogens is 4. The van der Waals surface area contributed by atoms with Gasteiger partial charge in [-0.15, -0.1) is 5.10 Å². The molecule has 1 aromatic carbocycles. The fraction of sp³-hybridized carbons (Fsp3) is 0.429. The largest absolute Gasteiger partial charge is 0.479 e. The van der Waals surface area contributed by atoms with Gasteiger partial charge in [-0.2, -0.15) is 0 Å². The SMILES string of the molecule is COc1nn(C)cc1C(=O)N1CCC(Cn2c(C)nc3ccccc3c2=O)CC1. The van der Waals surface area contributed by atoms with Crippen LogP contribution in [0.2, 0.25) is 0 Å². The van der Waals surface area contributed by atoms with Gasteiger partial charge in [0, 0.05) is 32.9 Å². The van der Waals surface area contributed by atoms with Crippen molar-refractivity contribution in [3.63, 3.8) is 0 Å². The van der Waals surface area contributed by atoms with E-state index in [9.17, 15) is 9.59 Å². The van der Waals surface area contributed by atoms with Gasteiger partial charge in [-0.1, -0.05) is 12.1 Å². The van der Waals surface area contributed by atoms with Crippen LogP contribution in [0.3, 0.4) is 0 Å². The minimum Gasteiger partial charge on any atom is -0.479 e. The molecule has 8 heteroatoms. The van der Waals surface area contributed by atoms with Crippen molar-refractivity contribution in [3.8, 4) is 5.88 Å². The summed E-state index contributed by atoms with van der Waals surface area (Å²) in [4.78, 5) is 32.1. The number of aryl methyl sites for hydroxylation is 2. The molecule has 3 aromatic rings. The number of nitrogens with zero attached hydrogens (tertiary/aromatic N) is 5. The molecule has 29 heavy (non-hydrogen) atoms. The molecule has 1 aliphatic heterocycles. The summed E-state index contributed by atoms with van der Waals surface area (Å²) >= 11 is 0. The molecule has 0 bridgehead atoms. The summed E-state index contributed by atoms with van der Waals surface area (Å²) in [5.74, 6) is 1.35. The van der Waals surface area contributed by atoms with Gasteiger partial charge in [0.2, 0.25) is 5.88 Å². The molecule has 2 aromatic heterocycles. The Labute approximate surface area is 168 Å². The molecule has 152 valence electrons. The zero-order valence-electron chi connectivity index (χ0n) is 17.0. The average Bonchev–Trinajstić information content (AvgIpc) is 3.12. The molecule has 1 aliphatic rings. The second kappa shape index (κ2) is 7.69. The number of rotatable bonds is 4. The van der Waals surface area contributed by atoms with Crippen molar-refractivity contribution in [3.05, 3.63) is 52.2 Å². The van der Waals surface area contributed by atoms with Crippen molar-refractivity contribution < 1.29 is 9.53 Å². The zero-order valence-corrected chi connectivity index (χ0v) is 17.0. The summed E-state index contributed by atoms with van der Waals surface area (Å²) in [6.07, 6.45) is 3.37. The van der Waals surface area contributed by atoms with Crippen LogP contribution in [0.4, 0.5) is 0 Å². The fourth-order valence-electron chi connectivity index (χ4n) is 4.01. The van der Waals surface area contributed by atoms with E-state index >= 15 is 0 Å². The quantitative estimate of drug-likeness (QED) is 0.675. The maximum Gasteiger partial charge on any atom is 0.261 e. The molecule has 4 rings (SSSR count). The van der Waals surface area contributed by atoms with Crippen molar-refractivity contribution >= 4 is 16.8 Å². The zero-order chi connectivity index (χ0) is 20.5. The van der Waals surface area contributed by atoms with Crippen LogP contribution in [0.25, 0.3) is 10.9 Å². The first-order valence-corrected chi connectivity index (χ1v) is 9.81. The van der Waals surface area contributed by atoms with Crippen LogP contribution >= 0.6 is 0 Å². The number of amides is 1. The van der Waals surface area contributed by atoms with Crippen LogP contribution in [-0.2, 0) is 13.6 Å². The molecule has 0 atom stereocenters. The minimum absolute atomic E-state index is 0.00621. The van der Waals surface area contributed by atoms with Gasteiger partial charge in [-0.05, 0) is 37.8 Å². The molecule has 0 saturated carbocycles. The van der Waals surface area contributed by atoms with Gasteiger partial charge < -0.3 is 9.64 Å². The number of fused-ring (bicyclic) bond motifs is 1. The summed E-state index contributed by atoms with van der Waals surface area (Å²) < 4.78 is 8.57.